The smallest absolute Gasteiger partial charge is 0.166 e. The Hall–Kier alpha value is -2.24. The van der Waals surface area contributed by atoms with Gasteiger partial charge in [-0.25, -0.2) is 9.97 Å². The average molecular weight is 297 g/mol. The van der Waals surface area contributed by atoms with Crippen molar-refractivity contribution in [2.45, 2.75) is 19.1 Å². The van der Waals surface area contributed by atoms with E-state index in [1.807, 2.05) is 24.3 Å². The summed E-state index contributed by atoms with van der Waals surface area (Å²) in [6.45, 7) is 0.440. The Bertz CT molecular complexity index is 685. The van der Waals surface area contributed by atoms with Gasteiger partial charge in [-0.15, -0.1) is 0 Å². The molecule has 0 aliphatic carbocycles. The summed E-state index contributed by atoms with van der Waals surface area (Å²) in [5, 5.41) is 19.8. The van der Waals surface area contributed by atoms with Gasteiger partial charge >= 0.3 is 0 Å². The van der Waals surface area contributed by atoms with Crippen LogP contribution in [0.2, 0.25) is 0 Å². The van der Waals surface area contributed by atoms with Crippen LogP contribution in [0.3, 0.4) is 0 Å². The van der Waals surface area contributed by atoms with Crippen LogP contribution >= 0.6 is 0 Å². The fourth-order valence-electron chi connectivity index (χ4n) is 2.56. The number of rotatable bonds is 4. The quantitative estimate of drug-likeness (QED) is 0.900. The van der Waals surface area contributed by atoms with E-state index in [1.165, 1.54) is 5.56 Å². The van der Waals surface area contributed by atoms with E-state index in [0.717, 1.165) is 18.5 Å². The second-order valence-electron chi connectivity index (χ2n) is 5.51. The topological polar surface area (TPSA) is 69.5 Å². The summed E-state index contributed by atoms with van der Waals surface area (Å²) >= 11 is 0. The van der Waals surface area contributed by atoms with Crippen LogP contribution in [0.5, 0.6) is 0 Å². The van der Waals surface area contributed by atoms with Gasteiger partial charge in [0.15, 0.2) is 12.1 Å². The summed E-state index contributed by atoms with van der Waals surface area (Å²) in [4.78, 5) is 10.4. The lowest BCUT2D eigenvalue weighted by Crippen LogP contribution is -2.27. The number of aliphatic hydroxyl groups excluding tert-OH is 2. The summed E-state index contributed by atoms with van der Waals surface area (Å²) in [5.41, 5.74) is 2.79. The second-order valence-corrected chi connectivity index (χ2v) is 5.51. The molecule has 0 saturated heterocycles. The third kappa shape index (κ3) is 3.00. The molecule has 2 aromatic rings. The molecule has 0 bridgehead atoms. The van der Waals surface area contributed by atoms with Gasteiger partial charge in [-0.1, -0.05) is 30.3 Å². The molecular formula is C17H19N3O2. The van der Waals surface area contributed by atoms with Crippen LogP contribution in [-0.4, -0.2) is 44.9 Å². The van der Waals surface area contributed by atoms with E-state index in [0.29, 0.717) is 17.9 Å². The molecule has 0 spiro atoms. The van der Waals surface area contributed by atoms with Gasteiger partial charge in [0.25, 0.3) is 0 Å². The molecular weight excluding hydrogens is 278 g/mol. The maximum Gasteiger partial charge on any atom is 0.166 e. The molecule has 2 heterocycles. The minimum absolute atomic E-state index is 0.0530. The zero-order chi connectivity index (χ0) is 15.5. The number of hydrogen-bond donors (Lipinski definition) is 2. The normalized spacial score (nSPS) is 18.9. The molecule has 1 aromatic heterocycles. The van der Waals surface area contributed by atoms with E-state index in [-0.39, 0.29) is 5.76 Å². The molecule has 0 unspecified atom stereocenters. The van der Waals surface area contributed by atoms with Crippen molar-refractivity contribution < 1.29 is 10.2 Å². The zero-order valence-corrected chi connectivity index (χ0v) is 12.5. The molecule has 1 atom stereocenters. The van der Waals surface area contributed by atoms with Crippen LogP contribution in [0.4, 0.5) is 0 Å². The first-order valence-electron chi connectivity index (χ1n) is 7.31. The van der Waals surface area contributed by atoms with Gasteiger partial charge in [-0.2, -0.15) is 0 Å². The number of hydrogen-bond acceptors (Lipinski definition) is 5. The van der Waals surface area contributed by atoms with Crippen molar-refractivity contribution in [2.75, 3.05) is 13.6 Å². The summed E-state index contributed by atoms with van der Waals surface area (Å²) in [7, 11) is 1.74. The number of nitrogens with zero attached hydrogens (tertiary/aromatic N) is 3. The molecule has 5 nitrogen and oxygen atoms in total. The molecule has 0 amide bonds. The Morgan fingerprint density at radius 2 is 1.95 bits per heavy atom. The molecule has 3 rings (SSSR count). The molecule has 0 radical (unpaired) electrons. The van der Waals surface area contributed by atoms with Crippen molar-refractivity contribution in [3.8, 4) is 0 Å². The zero-order valence-electron chi connectivity index (χ0n) is 12.5. The van der Waals surface area contributed by atoms with Crippen LogP contribution in [-0.2, 0) is 12.8 Å². The maximum absolute atomic E-state index is 9.99. The molecule has 22 heavy (non-hydrogen) atoms. The molecule has 1 aliphatic rings. The highest BCUT2D eigenvalue weighted by Gasteiger charge is 2.30. The highest BCUT2D eigenvalue weighted by Crippen LogP contribution is 2.25. The summed E-state index contributed by atoms with van der Waals surface area (Å²) in [6, 6.07) is 12.1. The van der Waals surface area contributed by atoms with Crippen molar-refractivity contribution >= 4 is 5.57 Å². The van der Waals surface area contributed by atoms with Gasteiger partial charge in [0, 0.05) is 18.4 Å². The third-order valence-electron chi connectivity index (χ3n) is 3.87. The molecule has 1 aromatic carbocycles. The first kappa shape index (κ1) is 14.7. The van der Waals surface area contributed by atoms with Crippen molar-refractivity contribution in [1.82, 2.24) is 14.9 Å². The van der Waals surface area contributed by atoms with E-state index in [2.05, 4.69) is 22.1 Å². The summed E-state index contributed by atoms with van der Waals surface area (Å²) in [5.74, 6) is 0.439. The number of aliphatic hydroxyl groups is 2. The lowest BCUT2D eigenvalue weighted by molar-refractivity contribution is 0.0449. The highest BCUT2D eigenvalue weighted by molar-refractivity contribution is 5.66. The van der Waals surface area contributed by atoms with Crippen molar-refractivity contribution in [3.05, 3.63) is 65.4 Å². The van der Waals surface area contributed by atoms with E-state index in [4.69, 9.17) is 0 Å². The van der Waals surface area contributed by atoms with E-state index < -0.39 is 6.23 Å². The second kappa shape index (κ2) is 6.25. The number of aromatic nitrogens is 2. The van der Waals surface area contributed by atoms with Gasteiger partial charge in [0.1, 0.15) is 5.76 Å². The fourth-order valence-corrected chi connectivity index (χ4v) is 2.56. The Kier molecular flexibility index (Phi) is 4.18. The van der Waals surface area contributed by atoms with Crippen molar-refractivity contribution in [3.63, 3.8) is 0 Å². The van der Waals surface area contributed by atoms with Crippen molar-refractivity contribution in [2.24, 2.45) is 0 Å². The predicted octanol–water partition coefficient (Wildman–Crippen LogP) is 1.79. The van der Waals surface area contributed by atoms with Crippen LogP contribution < -0.4 is 0 Å². The Morgan fingerprint density at radius 3 is 2.64 bits per heavy atom. The van der Waals surface area contributed by atoms with Crippen LogP contribution in [0.15, 0.2) is 48.4 Å². The van der Waals surface area contributed by atoms with Gasteiger partial charge in [0.2, 0.25) is 0 Å². The van der Waals surface area contributed by atoms with Crippen LogP contribution in [0.25, 0.3) is 5.57 Å². The lowest BCUT2D eigenvalue weighted by atomic mass is 10.1. The lowest BCUT2D eigenvalue weighted by Gasteiger charge is -2.12. The summed E-state index contributed by atoms with van der Waals surface area (Å²) < 4.78 is 0. The fraction of sp³-hybridized carbons (Fsp3) is 0.294. The molecule has 0 fully saturated rings. The minimum Gasteiger partial charge on any atom is -0.508 e. The predicted molar refractivity (Wildman–Crippen MR) is 84.1 cm³/mol. The van der Waals surface area contributed by atoms with E-state index in [9.17, 15) is 10.2 Å². The largest absolute Gasteiger partial charge is 0.508 e. The van der Waals surface area contributed by atoms with Gasteiger partial charge in [0.05, 0.1) is 5.57 Å². The maximum atomic E-state index is 9.99. The highest BCUT2D eigenvalue weighted by atomic mass is 16.3. The SMILES string of the molecule is CN1CC(c2nccc(CCc3ccccc3)n2)=C(O)[C@@H]1O. The summed E-state index contributed by atoms with van der Waals surface area (Å²) in [6.07, 6.45) is 2.45. The average Bonchev–Trinajstić information content (AvgIpc) is 2.82. The molecule has 1 aliphatic heterocycles. The van der Waals surface area contributed by atoms with Gasteiger partial charge < -0.3 is 10.2 Å². The Morgan fingerprint density at radius 1 is 1.18 bits per heavy atom. The number of aryl methyl sites for hydroxylation is 2. The van der Waals surface area contributed by atoms with E-state index in [1.54, 1.807) is 18.1 Å². The molecule has 2 N–H and O–H groups in total. The van der Waals surface area contributed by atoms with Crippen LogP contribution in [0, 0.1) is 0 Å². The van der Waals surface area contributed by atoms with Gasteiger partial charge in [-0.3, -0.25) is 4.90 Å². The van der Waals surface area contributed by atoms with Gasteiger partial charge in [-0.05, 0) is 31.5 Å². The van der Waals surface area contributed by atoms with Crippen molar-refractivity contribution in [1.29, 1.82) is 0 Å². The Balaban J connectivity index is 1.76. The molecule has 5 heteroatoms. The van der Waals surface area contributed by atoms with E-state index >= 15 is 0 Å². The first-order valence-corrected chi connectivity index (χ1v) is 7.31. The minimum atomic E-state index is -0.966. The Labute approximate surface area is 129 Å². The monoisotopic (exact) mass is 297 g/mol. The number of likely N-dealkylation sites (N-methyl/N-ethyl adjacent to an activating group) is 1. The first-order chi connectivity index (χ1) is 10.6. The number of benzene rings is 1. The third-order valence-corrected chi connectivity index (χ3v) is 3.87. The van der Waals surface area contributed by atoms with Crippen LogP contribution in [0.1, 0.15) is 17.1 Å². The molecule has 114 valence electrons. The standard InChI is InChI=1S/C17H19N3O2/c1-20-11-14(15(21)17(20)22)16-18-10-9-13(19-16)8-7-12-5-3-2-4-6-12/h2-6,9-10,17,21-22H,7-8,11H2,1H3/t17-/m0/s1. The molecule has 0 saturated carbocycles.